The first-order valence-electron chi connectivity index (χ1n) is 6.59. The molecule has 1 atom stereocenters. The smallest absolute Gasteiger partial charge is 0.131 e. The maximum absolute atomic E-state index is 13.8. The third kappa shape index (κ3) is 3.55. The van der Waals surface area contributed by atoms with Gasteiger partial charge in [-0.25, -0.2) is 9.37 Å². The van der Waals surface area contributed by atoms with Crippen LogP contribution >= 0.6 is 11.3 Å². The van der Waals surface area contributed by atoms with Gasteiger partial charge in [0, 0.05) is 29.0 Å². The van der Waals surface area contributed by atoms with E-state index in [9.17, 15) is 4.39 Å². The zero-order valence-corrected chi connectivity index (χ0v) is 12.7. The van der Waals surface area contributed by atoms with Gasteiger partial charge < -0.3 is 10.5 Å². The molecule has 3 nitrogen and oxygen atoms in total. The second-order valence-electron chi connectivity index (χ2n) is 5.09. The molecule has 0 fully saturated rings. The number of thiazole rings is 1. The summed E-state index contributed by atoms with van der Waals surface area (Å²) in [4.78, 5) is 4.47. The van der Waals surface area contributed by atoms with Crippen molar-refractivity contribution in [3.05, 3.63) is 45.7 Å². The fourth-order valence-electron chi connectivity index (χ4n) is 1.78. The molecule has 0 radical (unpaired) electrons. The second kappa shape index (κ2) is 6.33. The standard InChI is InChI=1S/C15H19FN2OS/c1-9(2)15-18-11(8-20-15)7-19-12-4-5-13(10(3)17)14(16)6-12/h4-6,8-10H,7,17H2,1-3H3/t10-/m0/s1. The van der Waals surface area contributed by atoms with Crippen molar-refractivity contribution in [3.63, 3.8) is 0 Å². The van der Waals surface area contributed by atoms with Crippen molar-refractivity contribution in [1.82, 2.24) is 4.98 Å². The lowest BCUT2D eigenvalue weighted by atomic mass is 10.1. The van der Waals surface area contributed by atoms with Gasteiger partial charge in [0.2, 0.25) is 0 Å². The van der Waals surface area contributed by atoms with Gasteiger partial charge in [0.05, 0.1) is 10.7 Å². The SMILES string of the molecule is CC(C)c1nc(COc2ccc([C@H](C)N)c(F)c2)cs1. The van der Waals surface area contributed by atoms with E-state index in [1.165, 1.54) is 6.07 Å². The molecule has 1 aromatic heterocycles. The number of halogens is 1. The fraction of sp³-hybridized carbons (Fsp3) is 0.400. The van der Waals surface area contributed by atoms with E-state index in [2.05, 4.69) is 18.8 Å². The summed E-state index contributed by atoms with van der Waals surface area (Å²) < 4.78 is 19.3. The second-order valence-corrected chi connectivity index (χ2v) is 5.98. The number of ether oxygens (including phenoxy) is 1. The number of nitrogens with zero attached hydrogens (tertiary/aromatic N) is 1. The van der Waals surface area contributed by atoms with Gasteiger partial charge in [-0.2, -0.15) is 0 Å². The van der Waals surface area contributed by atoms with Gasteiger partial charge in [-0.3, -0.25) is 0 Å². The predicted molar refractivity (Wildman–Crippen MR) is 79.5 cm³/mol. The van der Waals surface area contributed by atoms with Crippen molar-refractivity contribution in [1.29, 1.82) is 0 Å². The quantitative estimate of drug-likeness (QED) is 0.906. The summed E-state index contributed by atoms with van der Waals surface area (Å²) in [5.74, 6) is 0.571. The molecule has 108 valence electrons. The molecule has 0 aliphatic carbocycles. The van der Waals surface area contributed by atoms with E-state index in [-0.39, 0.29) is 11.9 Å². The maximum atomic E-state index is 13.8. The normalized spacial score (nSPS) is 12.7. The molecule has 0 bridgehead atoms. The van der Waals surface area contributed by atoms with E-state index in [1.807, 2.05) is 5.38 Å². The van der Waals surface area contributed by atoms with E-state index < -0.39 is 0 Å². The summed E-state index contributed by atoms with van der Waals surface area (Å²) in [5, 5.41) is 3.06. The van der Waals surface area contributed by atoms with Crippen LogP contribution in [0.5, 0.6) is 5.75 Å². The van der Waals surface area contributed by atoms with E-state index in [4.69, 9.17) is 10.5 Å². The van der Waals surface area contributed by atoms with Gasteiger partial charge in [0.25, 0.3) is 0 Å². The highest BCUT2D eigenvalue weighted by atomic mass is 32.1. The van der Waals surface area contributed by atoms with Crippen LogP contribution in [0.2, 0.25) is 0 Å². The van der Waals surface area contributed by atoms with Crippen LogP contribution < -0.4 is 10.5 Å². The third-order valence-electron chi connectivity index (χ3n) is 2.91. The van der Waals surface area contributed by atoms with Gasteiger partial charge in [-0.05, 0) is 13.0 Å². The van der Waals surface area contributed by atoms with Crippen LogP contribution in [0, 0.1) is 5.82 Å². The Kier molecular flexibility index (Phi) is 4.73. The van der Waals surface area contributed by atoms with Gasteiger partial charge in [0.1, 0.15) is 18.2 Å². The van der Waals surface area contributed by atoms with Crippen LogP contribution in [-0.2, 0) is 6.61 Å². The topological polar surface area (TPSA) is 48.1 Å². The summed E-state index contributed by atoms with van der Waals surface area (Å²) >= 11 is 1.62. The minimum atomic E-state index is -0.335. The Hall–Kier alpha value is -1.46. The summed E-state index contributed by atoms with van der Waals surface area (Å²) in [6.45, 7) is 6.30. The highest BCUT2D eigenvalue weighted by molar-refractivity contribution is 7.09. The van der Waals surface area contributed by atoms with Crippen molar-refractivity contribution in [2.24, 2.45) is 5.73 Å². The molecule has 20 heavy (non-hydrogen) atoms. The van der Waals surface area contributed by atoms with E-state index in [0.717, 1.165) is 10.7 Å². The van der Waals surface area contributed by atoms with Gasteiger partial charge >= 0.3 is 0 Å². The summed E-state index contributed by atoms with van der Waals surface area (Å²) in [7, 11) is 0. The van der Waals surface area contributed by atoms with Crippen molar-refractivity contribution < 1.29 is 9.13 Å². The third-order valence-corrected chi connectivity index (χ3v) is 4.11. The average Bonchev–Trinajstić information content (AvgIpc) is 2.85. The molecular formula is C15H19FN2OS. The Morgan fingerprint density at radius 1 is 1.35 bits per heavy atom. The molecule has 1 heterocycles. The lowest BCUT2D eigenvalue weighted by Gasteiger charge is -2.09. The Morgan fingerprint density at radius 3 is 2.65 bits per heavy atom. The first-order chi connectivity index (χ1) is 9.47. The minimum Gasteiger partial charge on any atom is -0.487 e. The monoisotopic (exact) mass is 294 g/mol. The molecule has 0 unspecified atom stereocenters. The lowest BCUT2D eigenvalue weighted by molar-refractivity contribution is 0.300. The van der Waals surface area contributed by atoms with E-state index in [0.29, 0.717) is 23.8 Å². The molecule has 0 saturated carbocycles. The zero-order valence-electron chi connectivity index (χ0n) is 11.9. The van der Waals surface area contributed by atoms with Gasteiger partial charge in [0.15, 0.2) is 0 Å². The molecule has 2 aromatic rings. The highest BCUT2D eigenvalue weighted by Gasteiger charge is 2.09. The number of aromatic nitrogens is 1. The average molecular weight is 294 g/mol. The first kappa shape index (κ1) is 14.9. The van der Waals surface area contributed by atoms with Gasteiger partial charge in [-0.1, -0.05) is 19.9 Å². The highest BCUT2D eigenvalue weighted by Crippen LogP contribution is 2.23. The molecule has 2 N–H and O–H groups in total. The number of nitrogens with two attached hydrogens (primary N) is 1. The Morgan fingerprint density at radius 2 is 2.10 bits per heavy atom. The van der Waals surface area contributed by atoms with Crippen LogP contribution in [0.3, 0.4) is 0 Å². The molecule has 0 spiro atoms. The van der Waals surface area contributed by atoms with E-state index >= 15 is 0 Å². The van der Waals surface area contributed by atoms with Crippen LogP contribution in [0.4, 0.5) is 4.39 Å². The van der Waals surface area contributed by atoms with E-state index in [1.54, 1.807) is 30.4 Å². The van der Waals surface area contributed by atoms with Crippen LogP contribution in [-0.4, -0.2) is 4.98 Å². The van der Waals surface area contributed by atoms with Crippen molar-refractivity contribution in [2.75, 3.05) is 0 Å². The fourth-order valence-corrected chi connectivity index (χ4v) is 2.60. The van der Waals surface area contributed by atoms with Crippen molar-refractivity contribution in [2.45, 2.75) is 39.3 Å². The first-order valence-corrected chi connectivity index (χ1v) is 7.47. The van der Waals surface area contributed by atoms with Crippen LogP contribution in [0.15, 0.2) is 23.6 Å². The van der Waals surface area contributed by atoms with Crippen LogP contribution in [0.25, 0.3) is 0 Å². The Balaban J connectivity index is 2.01. The number of hydrogen-bond acceptors (Lipinski definition) is 4. The maximum Gasteiger partial charge on any atom is 0.131 e. The van der Waals surface area contributed by atoms with Gasteiger partial charge in [-0.15, -0.1) is 11.3 Å². The Labute approximate surface area is 122 Å². The Bertz CT molecular complexity index is 581. The molecule has 2 rings (SSSR count). The molecule has 0 aliphatic rings. The summed E-state index contributed by atoms with van der Waals surface area (Å²) in [5.41, 5.74) is 7.04. The molecule has 1 aromatic carbocycles. The number of benzene rings is 1. The summed E-state index contributed by atoms with van der Waals surface area (Å²) in [6, 6.07) is 4.44. The predicted octanol–water partition coefficient (Wildman–Crippen LogP) is 4.00. The number of rotatable bonds is 5. The van der Waals surface area contributed by atoms with Crippen molar-refractivity contribution >= 4 is 11.3 Å². The zero-order chi connectivity index (χ0) is 14.7. The number of hydrogen-bond donors (Lipinski definition) is 1. The lowest BCUT2D eigenvalue weighted by Crippen LogP contribution is -2.07. The molecule has 0 saturated heterocycles. The van der Waals surface area contributed by atoms with Crippen LogP contribution in [0.1, 0.15) is 49.0 Å². The molecule has 0 amide bonds. The summed E-state index contributed by atoms with van der Waals surface area (Å²) in [6.07, 6.45) is 0. The molecule has 5 heteroatoms. The largest absolute Gasteiger partial charge is 0.487 e. The minimum absolute atomic E-state index is 0.323. The molecular weight excluding hydrogens is 275 g/mol. The van der Waals surface area contributed by atoms with Crippen molar-refractivity contribution in [3.8, 4) is 5.75 Å². The molecule has 0 aliphatic heterocycles.